The van der Waals surface area contributed by atoms with Crippen LogP contribution < -0.4 is 16.0 Å². The molecule has 2 aliphatic heterocycles. The molecular formula is C29H35ClN4O3. The number of rotatable bonds is 8. The Balaban J connectivity index is 1.09. The first-order valence-electron chi connectivity index (χ1n) is 13.2. The first-order valence-corrected chi connectivity index (χ1v) is 13.6. The van der Waals surface area contributed by atoms with Crippen LogP contribution in [0.1, 0.15) is 67.7 Å². The molecule has 1 aromatic heterocycles. The van der Waals surface area contributed by atoms with E-state index < -0.39 is 0 Å². The molecule has 2 aliphatic rings. The minimum absolute atomic E-state index is 0.0707. The molecule has 3 N–H and O–H groups in total. The molecule has 0 saturated carbocycles. The van der Waals surface area contributed by atoms with Crippen molar-refractivity contribution < 1.29 is 9.53 Å². The number of carbonyl (C=O) groups is 1. The predicted octanol–water partition coefficient (Wildman–Crippen LogP) is 5.18. The quantitative estimate of drug-likeness (QED) is 0.240. The van der Waals surface area contributed by atoms with Crippen LogP contribution in [0.3, 0.4) is 0 Å². The van der Waals surface area contributed by atoms with E-state index in [0.29, 0.717) is 46.2 Å². The molecule has 0 atom stereocenters. The van der Waals surface area contributed by atoms with E-state index in [4.69, 9.17) is 22.1 Å². The highest BCUT2D eigenvalue weighted by atomic mass is 35.5. The molecule has 3 aromatic rings. The fraction of sp³-hybridized carbons (Fsp3) is 0.483. The summed E-state index contributed by atoms with van der Waals surface area (Å²) in [5, 5.41) is 1.06. The summed E-state index contributed by atoms with van der Waals surface area (Å²) in [4.78, 5) is 35.5. The minimum Gasteiger partial charge on any atom is -0.486 e. The molecule has 8 heteroatoms. The van der Waals surface area contributed by atoms with Crippen molar-refractivity contribution in [3.05, 3.63) is 62.7 Å². The Morgan fingerprint density at radius 2 is 2.00 bits per heavy atom. The topological polar surface area (TPSA) is 101 Å². The second-order valence-corrected chi connectivity index (χ2v) is 11.5. The number of aromatic amines is 1. The Bertz CT molecular complexity index is 1380. The lowest BCUT2D eigenvalue weighted by atomic mass is 9.88. The van der Waals surface area contributed by atoms with Crippen molar-refractivity contribution in [3.8, 4) is 5.75 Å². The number of hydrogen-bond acceptors (Lipinski definition) is 6. The van der Waals surface area contributed by atoms with Crippen molar-refractivity contribution in [1.82, 2.24) is 14.9 Å². The summed E-state index contributed by atoms with van der Waals surface area (Å²) in [7, 11) is 0. The van der Waals surface area contributed by atoms with Gasteiger partial charge in [0.05, 0.1) is 27.2 Å². The fourth-order valence-corrected chi connectivity index (χ4v) is 5.83. The van der Waals surface area contributed by atoms with Gasteiger partial charge >= 0.3 is 0 Å². The Hall–Kier alpha value is -2.90. The molecule has 0 unspecified atom stereocenters. The number of aromatic nitrogens is 2. The van der Waals surface area contributed by atoms with Gasteiger partial charge in [-0.2, -0.15) is 0 Å². The number of nitrogens with one attached hydrogen (secondary N) is 1. The van der Waals surface area contributed by atoms with Crippen LogP contribution in [-0.4, -0.2) is 45.9 Å². The number of nitrogen functional groups attached to an aromatic ring is 1. The van der Waals surface area contributed by atoms with E-state index in [1.54, 1.807) is 12.1 Å². The molecule has 2 aromatic carbocycles. The fourth-order valence-electron chi connectivity index (χ4n) is 5.60. The number of H-pyrrole nitrogens is 1. The van der Waals surface area contributed by atoms with Gasteiger partial charge in [-0.05, 0) is 83.3 Å². The number of anilines is 1. The van der Waals surface area contributed by atoms with Crippen LogP contribution >= 0.6 is 11.6 Å². The van der Waals surface area contributed by atoms with Crippen molar-refractivity contribution in [2.45, 2.75) is 64.4 Å². The average molecular weight is 523 g/mol. The van der Waals surface area contributed by atoms with Crippen molar-refractivity contribution >= 4 is 34.0 Å². The number of piperidine rings is 1. The van der Waals surface area contributed by atoms with Crippen LogP contribution in [0.5, 0.6) is 5.75 Å². The largest absolute Gasteiger partial charge is 0.486 e. The molecule has 5 rings (SSSR count). The van der Waals surface area contributed by atoms with Crippen molar-refractivity contribution in [1.29, 1.82) is 0 Å². The van der Waals surface area contributed by atoms with E-state index in [1.165, 1.54) is 0 Å². The Morgan fingerprint density at radius 1 is 1.24 bits per heavy atom. The molecule has 0 aliphatic carbocycles. The zero-order chi connectivity index (χ0) is 26.2. The van der Waals surface area contributed by atoms with E-state index in [9.17, 15) is 9.59 Å². The molecule has 0 radical (unpaired) electrons. The van der Waals surface area contributed by atoms with Gasteiger partial charge in [0.1, 0.15) is 17.2 Å². The maximum absolute atomic E-state index is 13.3. The number of para-hydroxylation sites is 1. The first kappa shape index (κ1) is 25.7. The van der Waals surface area contributed by atoms with E-state index in [-0.39, 0.29) is 16.9 Å². The molecule has 37 heavy (non-hydrogen) atoms. The third-order valence-corrected chi connectivity index (χ3v) is 7.95. The number of halogens is 1. The molecule has 196 valence electrons. The number of nitrogens with two attached hydrogens (primary N) is 1. The van der Waals surface area contributed by atoms with Gasteiger partial charge in [0.25, 0.3) is 5.56 Å². The number of carbonyl (C=O) groups excluding carboxylic acids is 1. The number of unbranched alkanes of at least 4 members (excludes halogenated alkanes) is 1. The number of likely N-dealkylation sites (tertiary alicyclic amines) is 1. The normalized spacial score (nSPS) is 17.6. The van der Waals surface area contributed by atoms with Gasteiger partial charge in [-0.1, -0.05) is 23.7 Å². The summed E-state index contributed by atoms with van der Waals surface area (Å²) in [6.07, 6.45) is 5.94. The van der Waals surface area contributed by atoms with Crippen LogP contribution in [0.25, 0.3) is 10.9 Å². The van der Waals surface area contributed by atoms with Crippen LogP contribution in [0.2, 0.25) is 5.02 Å². The summed E-state index contributed by atoms with van der Waals surface area (Å²) >= 11 is 6.37. The molecule has 7 nitrogen and oxygen atoms in total. The lowest BCUT2D eigenvalue weighted by Crippen LogP contribution is -2.35. The number of ketones is 1. The van der Waals surface area contributed by atoms with Crippen molar-refractivity contribution in [2.75, 3.05) is 25.4 Å². The number of benzene rings is 2. The number of ether oxygens (including phenoxy) is 1. The molecular weight excluding hydrogens is 488 g/mol. The standard InChI is InChI=1S/C29H35ClN4O3/c1-29(2)17-21-26(31)22(30)16-20(27(21)37-29)24(35)15-18-10-13-34(14-11-18)12-6-5-9-25-32-23-8-4-3-7-19(23)28(36)33-25/h3-4,7-8,16,18H,5-6,9-15,17,31H2,1-2H3,(H,32,33,36). The van der Waals surface area contributed by atoms with Gasteiger partial charge < -0.3 is 20.4 Å². The Morgan fingerprint density at radius 3 is 2.78 bits per heavy atom. The Kier molecular flexibility index (Phi) is 7.28. The van der Waals surface area contributed by atoms with Gasteiger partial charge in [0, 0.05) is 24.8 Å². The number of hydrogen-bond donors (Lipinski definition) is 2. The second-order valence-electron chi connectivity index (χ2n) is 11.1. The maximum Gasteiger partial charge on any atom is 0.258 e. The number of Topliss-reactive ketones (excluding diaryl/α,β-unsaturated/α-hetero) is 1. The molecule has 0 bridgehead atoms. The highest BCUT2D eigenvalue weighted by Crippen LogP contribution is 2.44. The Labute approximate surface area is 222 Å². The van der Waals surface area contributed by atoms with E-state index in [2.05, 4.69) is 14.9 Å². The lowest BCUT2D eigenvalue weighted by molar-refractivity contribution is 0.0914. The summed E-state index contributed by atoms with van der Waals surface area (Å²) in [6, 6.07) is 9.13. The predicted molar refractivity (Wildman–Crippen MR) is 148 cm³/mol. The van der Waals surface area contributed by atoms with Crippen LogP contribution in [0.4, 0.5) is 5.69 Å². The highest BCUT2D eigenvalue weighted by molar-refractivity contribution is 6.34. The monoisotopic (exact) mass is 522 g/mol. The van der Waals surface area contributed by atoms with E-state index in [1.807, 2.05) is 32.0 Å². The van der Waals surface area contributed by atoms with Crippen LogP contribution in [-0.2, 0) is 12.8 Å². The highest BCUT2D eigenvalue weighted by Gasteiger charge is 2.36. The molecule has 0 amide bonds. The maximum atomic E-state index is 13.3. The SMILES string of the molecule is CC1(C)Cc2c(N)c(Cl)cc(C(=O)CC3CCN(CCCCc4nc5ccccc5c(=O)[nH]4)CC3)c2O1. The van der Waals surface area contributed by atoms with Gasteiger partial charge in [-0.25, -0.2) is 4.98 Å². The van der Waals surface area contributed by atoms with Gasteiger partial charge in [0.2, 0.25) is 0 Å². The zero-order valence-corrected chi connectivity index (χ0v) is 22.4. The summed E-state index contributed by atoms with van der Waals surface area (Å²) in [6.45, 7) is 7.01. The minimum atomic E-state index is -0.388. The lowest BCUT2D eigenvalue weighted by Gasteiger charge is -2.31. The van der Waals surface area contributed by atoms with Gasteiger partial charge in [-0.15, -0.1) is 0 Å². The third kappa shape index (κ3) is 5.68. The molecule has 3 heterocycles. The van der Waals surface area contributed by atoms with E-state index >= 15 is 0 Å². The van der Waals surface area contributed by atoms with Gasteiger partial charge in [-0.3, -0.25) is 9.59 Å². The number of fused-ring (bicyclic) bond motifs is 2. The summed E-state index contributed by atoms with van der Waals surface area (Å²) < 4.78 is 6.11. The first-order chi connectivity index (χ1) is 17.7. The molecule has 1 fully saturated rings. The number of aryl methyl sites for hydroxylation is 1. The summed E-state index contributed by atoms with van der Waals surface area (Å²) in [5.41, 5.74) is 8.43. The summed E-state index contributed by atoms with van der Waals surface area (Å²) in [5.74, 6) is 1.82. The number of nitrogens with zero attached hydrogens (tertiary/aromatic N) is 2. The van der Waals surface area contributed by atoms with Crippen LogP contribution in [0.15, 0.2) is 35.1 Å². The zero-order valence-electron chi connectivity index (χ0n) is 21.6. The van der Waals surface area contributed by atoms with Gasteiger partial charge in [0.15, 0.2) is 5.78 Å². The van der Waals surface area contributed by atoms with Crippen molar-refractivity contribution in [2.24, 2.45) is 5.92 Å². The van der Waals surface area contributed by atoms with Crippen molar-refractivity contribution in [3.63, 3.8) is 0 Å². The smallest absolute Gasteiger partial charge is 0.258 e. The van der Waals surface area contributed by atoms with Crippen LogP contribution in [0, 0.1) is 5.92 Å². The third-order valence-electron chi connectivity index (χ3n) is 7.63. The second kappa shape index (κ2) is 10.5. The average Bonchev–Trinajstić information content (AvgIpc) is 3.20. The molecule has 1 saturated heterocycles. The van der Waals surface area contributed by atoms with E-state index in [0.717, 1.165) is 68.6 Å². The molecule has 0 spiro atoms.